The van der Waals surface area contributed by atoms with E-state index >= 15 is 0 Å². The highest BCUT2D eigenvalue weighted by atomic mass is 16.2. The summed E-state index contributed by atoms with van der Waals surface area (Å²) in [5, 5.41) is 4.20. The van der Waals surface area contributed by atoms with E-state index in [9.17, 15) is 4.79 Å². The lowest BCUT2D eigenvalue weighted by Crippen LogP contribution is -2.26. The van der Waals surface area contributed by atoms with E-state index in [4.69, 9.17) is 5.73 Å². The van der Waals surface area contributed by atoms with Crippen molar-refractivity contribution >= 4 is 11.6 Å². The van der Waals surface area contributed by atoms with Crippen molar-refractivity contribution in [1.82, 2.24) is 14.7 Å². The third-order valence-electron chi connectivity index (χ3n) is 3.04. The van der Waals surface area contributed by atoms with Crippen molar-refractivity contribution in [3.63, 3.8) is 0 Å². The topological polar surface area (TPSA) is 64.2 Å². The molecule has 0 aliphatic carbocycles. The first-order valence-electron chi connectivity index (χ1n) is 6.06. The number of hydrogen-bond acceptors (Lipinski definition) is 3. The number of aryl methyl sites for hydroxylation is 1. The maximum Gasteiger partial charge on any atom is 0.243 e. The second kappa shape index (κ2) is 5.14. The first-order chi connectivity index (χ1) is 8.97. The van der Waals surface area contributed by atoms with E-state index in [1.807, 2.05) is 31.3 Å². The van der Waals surface area contributed by atoms with Gasteiger partial charge in [0.05, 0.1) is 6.20 Å². The Balaban J connectivity index is 2.21. The molecular weight excluding hydrogens is 240 g/mol. The van der Waals surface area contributed by atoms with Crippen LogP contribution in [0.3, 0.4) is 0 Å². The van der Waals surface area contributed by atoms with Crippen molar-refractivity contribution in [3.05, 3.63) is 36.2 Å². The summed E-state index contributed by atoms with van der Waals surface area (Å²) >= 11 is 0. The Bertz CT molecular complexity index is 601. The predicted octanol–water partition coefficient (Wildman–Crippen LogP) is 1.53. The van der Waals surface area contributed by atoms with Crippen LogP contribution in [0.25, 0.3) is 11.1 Å². The molecule has 100 valence electrons. The van der Waals surface area contributed by atoms with Crippen LogP contribution in [0.1, 0.15) is 5.56 Å². The highest BCUT2D eigenvalue weighted by Gasteiger charge is 2.08. The zero-order valence-electron chi connectivity index (χ0n) is 11.4. The minimum absolute atomic E-state index is 0.0121. The van der Waals surface area contributed by atoms with Gasteiger partial charge in [0, 0.05) is 31.5 Å². The van der Waals surface area contributed by atoms with Gasteiger partial charge in [-0.05, 0) is 24.1 Å². The molecular formula is C14H18N4O. The van der Waals surface area contributed by atoms with Crippen molar-refractivity contribution in [1.29, 1.82) is 0 Å². The van der Waals surface area contributed by atoms with Crippen LogP contribution in [0, 0.1) is 6.92 Å². The molecule has 0 fully saturated rings. The zero-order chi connectivity index (χ0) is 14.0. The van der Waals surface area contributed by atoms with Gasteiger partial charge in [-0.2, -0.15) is 5.10 Å². The first-order valence-corrected chi connectivity index (χ1v) is 6.06. The number of likely N-dealkylation sites (N-methyl/N-ethyl adjacent to an activating group) is 1. The molecule has 2 N–H and O–H groups in total. The second-order valence-electron chi connectivity index (χ2n) is 4.79. The molecule has 0 atom stereocenters. The molecule has 0 saturated carbocycles. The highest BCUT2D eigenvalue weighted by Crippen LogP contribution is 2.23. The van der Waals surface area contributed by atoms with Gasteiger partial charge in [-0.3, -0.25) is 9.48 Å². The molecule has 0 spiro atoms. The lowest BCUT2D eigenvalue weighted by atomic mass is 10.1. The van der Waals surface area contributed by atoms with Crippen LogP contribution in [0.2, 0.25) is 0 Å². The molecule has 0 aliphatic heterocycles. The van der Waals surface area contributed by atoms with Crippen molar-refractivity contribution in [2.75, 3.05) is 19.8 Å². The summed E-state index contributed by atoms with van der Waals surface area (Å²) in [5.41, 5.74) is 9.67. The number of nitrogen functional groups attached to an aromatic ring is 1. The number of rotatable bonds is 3. The van der Waals surface area contributed by atoms with Crippen molar-refractivity contribution in [2.24, 2.45) is 0 Å². The fourth-order valence-electron chi connectivity index (χ4n) is 1.70. The molecule has 1 aromatic heterocycles. The summed E-state index contributed by atoms with van der Waals surface area (Å²) < 4.78 is 1.63. The minimum Gasteiger partial charge on any atom is -0.398 e. The van der Waals surface area contributed by atoms with Crippen LogP contribution in [0.15, 0.2) is 30.6 Å². The summed E-state index contributed by atoms with van der Waals surface area (Å²) in [5.74, 6) is 0.0121. The standard InChI is InChI=1S/C14H18N4O/c1-10-4-5-11(6-13(10)15)12-7-16-18(8-12)9-14(19)17(2)3/h4-8H,9,15H2,1-3H3. The molecule has 1 aromatic carbocycles. The van der Waals surface area contributed by atoms with E-state index in [1.165, 1.54) is 0 Å². The van der Waals surface area contributed by atoms with E-state index in [0.717, 1.165) is 22.4 Å². The van der Waals surface area contributed by atoms with Crippen molar-refractivity contribution in [2.45, 2.75) is 13.5 Å². The van der Waals surface area contributed by atoms with Gasteiger partial charge in [-0.15, -0.1) is 0 Å². The normalized spacial score (nSPS) is 10.5. The number of amides is 1. The fourth-order valence-corrected chi connectivity index (χ4v) is 1.70. The largest absolute Gasteiger partial charge is 0.398 e. The number of hydrogen-bond donors (Lipinski definition) is 1. The first kappa shape index (κ1) is 13.1. The monoisotopic (exact) mass is 258 g/mol. The lowest BCUT2D eigenvalue weighted by Gasteiger charge is -2.09. The molecule has 1 heterocycles. The molecule has 19 heavy (non-hydrogen) atoms. The average Bonchev–Trinajstić information content (AvgIpc) is 2.81. The van der Waals surface area contributed by atoms with E-state index in [-0.39, 0.29) is 12.5 Å². The Hall–Kier alpha value is -2.30. The second-order valence-corrected chi connectivity index (χ2v) is 4.79. The minimum atomic E-state index is 0.0121. The number of benzene rings is 1. The molecule has 0 aliphatic rings. The lowest BCUT2D eigenvalue weighted by molar-refractivity contribution is -0.129. The summed E-state index contributed by atoms with van der Waals surface area (Å²) in [6.45, 7) is 2.21. The predicted molar refractivity (Wildman–Crippen MR) is 75.5 cm³/mol. The number of anilines is 1. The summed E-state index contributed by atoms with van der Waals surface area (Å²) in [7, 11) is 3.46. The van der Waals surface area contributed by atoms with E-state index in [1.54, 1.807) is 29.9 Å². The molecule has 0 radical (unpaired) electrons. The van der Waals surface area contributed by atoms with Crippen molar-refractivity contribution in [3.8, 4) is 11.1 Å². The summed E-state index contributed by atoms with van der Waals surface area (Å²) in [6, 6.07) is 5.90. The Morgan fingerprint density at radius 3 is 2.74 bits per heavy atom. The average molecular weight is 258 g/mol. The van der Waals surface area contributed by atoms with Crippen molar-refractivity contribution < 1.29 is 4.79 Å². The van der Waals surface area contributed by atoms with E-state index < -0.39 is 0 Å². The van der Waals surface area contributed by atoms with Crippen LogP contribution in [0.4, 0.5) is 5.69 Å². The molecule has 1 amide bonds. The van der Waals surface area contributed by atoms with Gasteiger partial charge in [-0.25, -0.2) is 0 Å². The number of nitrogens with zero attached hydrogens (tertiary/aromatic N) is 3. The SMILES string of the molecule is Cc1ccc(-c2cnn(CC(=O)N(C)C)c2)cc1N. The molecule has 5 heteroatoms. The van der Waals surface area contributed by atoms with Gasteiger partial charge >= 0.3 is 0 Å². The Morgan fingerprint density at radius 2 is 2.11 bits per heavy atom. The van der Waals surface area contributed by atoms with Gasteiger partial charge in [0.25, 0.3) is 0 Å². The van der Waals surface area contributed by atoms with Gasteiger partial charge in [0.15, 0.2) is 0 Å². The molecule has 5 nitrogen and oxygen atoms in total. The van der Waals surface area contributed by atoms with Gasteiger partial charge in [0.1, 0.15) is 6.54 Å². The molecule has 0 saturated heterocycles. The zero-order valence-corrected chi connectivity index (χ0v) is 11.4. The van der Waals surface area contributed by atoms with Crippen LogP contribution in [0.5, 0.6) is 0 Å². The van der Waals surface area contributed by atoms with Crippen LogP contribution < -0.4 is 5.73 Å². The van der Waals surface area contributed by atoms with Gasteiger partial charge in [0.2, 0.25) is 5.91 Å². The number of nitrogens with two attached hydrogens (primary N) is 1. The molecule has 2 aromatic rings. The van der Waals surface area contributed by atoms with E-state index in [0.29, 0.717) is 0 Å². The molecule has 0 unspecified atom stereocenters. The summed E-state index contributed by atoms with van der Waals surface area (Å²) in [4.78, 5) is 13.1. The Kier molecular flexibility index (Phi) is 3.55. The quantitative estimate of drug-likeness (QED) is 0.849. The third kappa shape index (κ3) is 2.93. The maximum absolute atomic E-state index is 11.6. The van der Waals surface area contributed by atoms with Crippen LogP contribution in [-0.4, -0.2) is 34.7 Å². The highest BCUT2D eigenvalue weighted by molar-refractivity contribution is 5.75. The third-order valence-corrected chi connectivity index (χ3v) is 3.04. The molecule has 0 bridgehead atoms. The Labute approximate surface area is 112 Å². The summed E-state index contributed by atoms with van der Waals surface area (Å²) in [6.07, 6.45) is 3.60. The number of carbonyl (C=O) groups is 1. The van der Waals surface area contributed by atoms with Crippen LogP contribution in [-0.2, 0) is 11.3 Å². The van der Waals surface area contributed by atoms with Gasteiger partial charge < -0.3 is 10.6 Å². The maximum atomic E-state index is 11.6. The van der Waals surface area contributed by atoms with E-state index in [2.05, 4.69) is 5.10 Å². The fraction of sp³-hybridized carbons (Fsp3) is 0.286. The number of aromatic nitrogens is 2. The Morgan fingerprint density at radius 1 is 1.37 bits per heavy atom. The van der Waals surface area contributed by atoms with Crippen LogP contribution >= 0.6 is 0 Å². The molecule has 2 rings (SSSR count). The van der Waals surface area contributed by atoms with Gasteiger partial charge in [-0.1, -0.05) is 12.1 Å². The smallest absolute Gasteiger partial charge is 0.243 e. The number of carbonyl (C=O) groups excluding carboxylic acids is 1.